The smallest absolute Gasteiger partial charge is 0.184 e. The maximum atomic E-state index is 11.9. The Morgan fingerprint density at radius 2 is 1.52 bits per heavy atom. The van der Waals surface area contributed by atoms with Gasteiger partial charge >= 0.3 is 0 Å². The number of phenols is 1. The van der Waals surface area contributed by atoms with Crippen molar-refractivity contribution in [3.05, 3.63) is 41.0 Å². The number of carbonyl (C=O) groups excluding carboxylic acids is 2. The van der Waals surface area contributed by atoms with E-state index in [0.717, 1.165) is 0 Å². The number of phenolic OH excluding ortho intramolecular Hbond substituents is 1. The van der Waals surface area contributed by atoms with Crippen LogP contribution < -0.4 is 19.5 Å². The van der Waals surface area contributed by atoms with Crippen molar-refractivity contribution in [1.29, 1.82) is 0 Å². The second-order valence-electron chi connectivity index (χ2n) is 6.87. The Morgan fingerprint density at radius 1 is 0.966 bits per heavy atom. The number of carbonyl (C=O) groups is 2. The number of anilines is 1. The van der Waals surface area contributed by atoms with Crippen LogP contribution in [0.4, 0.5) is 5.69 Å². The minimum atomic E-state index is -0.145. The summed E-state index contributed by atoms with van der Waals surface area (Å²) in [7, 11) is 2.93. The largest absolute Gasteiger partial charge is 0.504 e. The lowest BCUT2D eigenvalue weighted by Gasteiger charge is -2.20. The molecule has 7 heteroatoms. The van der Waals surface area contributed by atoms with E-state index in [4.69, 9.17) is 14.2 Å². The van der Waals surface area contributed by atoms with Crippen LogP contribution in [0.1, 0.15) is 54.0 Å². The third kappa shape index (κ3) is 5.19. The molecule has 0 unspecified atom stereocenters. The van der Waals surface area contributed by atoms with Gasteiger partial charge in [-0.15, -0.1) is 0 Å². The Hall–Kier alpha value is -3.22. The zero-order valence-electron chi connectivity index (χ0n) is 17.6. The molecule has 2 N–H and O–H groups in total. The molecule has 0 aromatic heterocycles. The van der Waals surface area contributed by atoms with Crippen LogP contribution in [0.2, 0.25) is 0 Å². The first-order valence-electron chi connectivity index (χ1n) is 9.22. The van der Waals surface area contributed by atoms with E-state index in [9.17, 15) is 14.7 Å². The van der Waals surface area contributed by atoms with Gasteiger partial charge in [-0.05, 0) is 52.0 Å². The van der Waals surface area contributed by atoms with Crippen LogP contribution in [-0.2, 0) is 6.54 Å². The molecular formula is C22H27NO6. The monoisotopic (exact) mass is 401 g/mol. The topological polar surface area (TPSA) is 94.1 Å². The molecule has 0 radical (unpaired) electrons. The van der Waals surface area contributed by atoms with Gasteiger partial charge in [0.25, 0.3) is 0 Å². The molecule has 29 heavy (non-hydrogen) atoms. The van der Waals surface area contributed by atoms with E-state index in [1.165, 1.54) is 34.1 Å². The summed E-state index contributed by atoms with van der Waals surface area (Å²) >= 11 is 0. The van der Waals surface area contributed by atoms with Crippen LogP contribution in [0, 0.1) is 0 Å². The molecule has 0 amide bonds. The van der Waals surface area contributed by atoms with Crippen LogP contribution in [0.15, 0.2) is 24.3 Å². The molecule has 0 spiro atoms. The average molecular weight is 401 g/mol. The van der Waals surface area contributed by atoms with Crippen LogP contribution in [0.3, 0.4) is 0 Å². The van der Waals surface area contributed by atoms with Crippen LogP contribution in [-0.4, -0.2) is 37.0 Å². The predicted molar refractivity (Wildman–Crippen MR) is 111 cm³/mol. The van der Waals surface area contributed by atoms with E-state index in [-0.39, 0.29) is 35.7 Å². The minimum absolute atomic E-state index is 0.0639. The quantitative estimate of drug-likeness (QED) is 0.608. The van der Waals surface area contributed by atoms with Crippen LogP contribution in [0.25, 0.3) is 0 Å². The molecule has 0 aliphatic rings. The van der Waals surface area contributed by atoms with Crippen molar-refractivity contribution in [1.82, 2.24) is 0 Å². The Kier molecular flexibility index (Phi) is 7.09. The molecule has 0 fully saturated rings. The fourth-order valence-electron chi connectivity index (χ4n) is 2.80. The molecule has 0 heterocycles. The molecular weight excluding hydrogens is 374 g/mol. The number of benzene rings is 2. The third-order valence-corrected chi connectivity index (χ3v) is 4.28. The summed E-state index contributed by atoms with van der Waals surface area (Å²) in [6.07, 6.45) is -0.123. The number of ketones is 2. The van der Waals surface area contributed by atoms with E-state index in [1.54, 1.807) is 18.2 Å². The van der Waals surface area contributed by atoms with Gasteiger partial charge in [0, 0.05) is 23.2 Å². The molecule has 156 valence electrons. The number of hydrogen-bond donors (Lipinski definition) is 2. The zero-order chi connectivity index (χ0) is 21.7. The van der Waals surface area contributed by atoms with Crippen molar-refractivity contribution in [2.45, 2.75) is 40.3 Å². The minimum Gasteiger partial charge on any atom is -0.504 e. The summed E-state index contributed by atoms with van der Waals surface area (Å²) < 4.78 is 16.5. The van der Waals surface area contributed by atoms with E-state index in [2.05, 4.69) is 5.32 Å². The highest BCUT2D eigenvalue weighted by atomic mass is 16.5. The highest BCUT2D eigenvalue weighted by Gasteiger charge is 2.18. The number of rotatable bonds is 9. The maximum Gasteiger partial charge on any atom is 0.184 e. The van der Waals surface area contributed by atoms with Crippen molar-refractivity contribution in [2.24, 2.45) is 0 Å². The predicted octanol–water partition coefficient (Wildman–Crippen LogP) is 4.21. The van der Waals surface area contributed by atoms with Crippen molar-refractivity contribution in [3.8, 4) is 23.0 Å². The van der Waals surface area contributed by atoms with Gasteiger partial charge in [0.1, 0.15) is 0 Å². The maximum absolute atomic E-state index is 11.9. The summed E-state index contributed by atoms with van der Waals surface area (Å²) in [5.74, 6) is 0.767. The Bertz CT molecular complexity index is 920. The van der Waals surface area contributed by atoms with Gasteiger partial charge < -0.3 is 24.6 Å². The fourth-order valence-corrected chi connectivity index (χ4v) is 2.80. The number of nitrogens with one attached hydrogen (secondary N) is 1. The SMILES string of the molecule is COc1cc(C(C)=O)cc(CNc2cc(C(C)=O)cc(OC)c2OC(C)C)c1O. The molecule has 0 aliphatic carbocycles. The van der Waals surface area contributed by atoms with E-state index < -0.39 is 0 Å². The molecule has 0 aliphatic heterocycles. The van der Waals surface area contributed by atoms with Gasteiger partial charge in [-0.3, -0.25) is 9.59 Å². The molecule has 2 rings (SSSR count). The Labute approximate surface area is 170 Å². The van der Waals surface area contributed by atoms with E-state index in [0.29, 0.717) is 33.9 Å². The summed E-state index contributed by atoms with van der Waals surface area (Å²) in [6.45, 7) is 6.85. The van der Waals surface area contributed by atoms with Gasteiger partial charge in [0.2, 0.25) is 0 Å². The summed E-state index contributed by atoms with van der Waals surface area (Å²) in [5, 5.41) is 13.6. The van der Waals surface area contributed by atoms with Gasteiger partial charge in [-0.25, -0.2) is 0 Å². The lowest BCUT2D eigenvalue weighted by Crippen LogP contribution is -2.11. The first-order valence-corrected chi connectivity index (χ1v) is 9.22. The molecule has 0 bridgehead atoms. The number of Topliss-reactive ketones (excluding diaryl/α,β-unsaturated/α-hetero) is 2. The lowest BCUT2D eigenvalue weighted by atomic mass is 10.0. The van der Waals surface area contributed by atoms with E-state index in [1.807, 2.05) is 13.8 Å². The average Bonchev–Trinajstić information content (AvgIpc) is 2.66. The Balaban J connectivity index is 2.48. The van der Waals surface area contributed by atoms with Gasteiger partial charge in [0.15, 0.2) is 34.6 Å². The van der Waals surface area contributed by atoms with E-state index >= 15 is 0 Å². The molecule has 2 aromatic rings. The van der Waals surface area contributed by atoms with Crippen molar-refractivity contribution in [2.75, 3.05) is 19.5 Å². The molecule has 2 aromatic carbocycles. The molecule has 0 atom stereocenters. The number of aromatic hydroxyl groups is 1. The van der Waals surface area contributed by atoms with Crippen molar-refractivity contribution in [3.63, 3.8) is 0 Å². The van der Waals surface area contributed by atoms with Gasteiger partial charge in [-0.2, -0.15) is 0 Å². The zero-order valence-corrected chi connectivity index (χ0v) is 17.6. The molecule has 0 saturated carbocycles. The standard InChI is InChI=1S/C22H27NO6/c1-12(2)29-22-18(8-16(14(4)25)10-20(22)28-6)23-11-17-7-15(13(3)24)9-19(27-5)21(17)26/h7-10,12,23,26H,11H2,1-6H3. The first-order chi connectivity index (χ1) is 13.7. The number of ether oxygens (including phenoxy) is 3. The normalized spacial score (nSPS) is 10.6. The second kappa shape index (κ2) is 9.32. The highest BCUT2D eigenvalue weighted by molar-refractivity contribution is 5.96. The highest BCUT2D eigenvalue weighted by Crippen LogP contribution is 2.39. The van der Waals surface area contributed by atoms with Crippen LogP contribution >= 0.6 is 0 Å². The van der Waals surface area contributed by atoms with Crippen molar-refractivity contribution < 1.29 is 28.9 Å². The first kappa shape index (κ1) is 22.1. The van der Waals surface area contributed by atoms with Gasteiger partial charge in [-0.1, -0.05) is 0 Å². The van der Waals surface area contributed by atoms with Crippen molar-refractivity contribution >= 4 is 17.3 Å². The van der Waals surface area contributed by atoms with Gasteiger partial charge in [0.05, 0.1) is 26.0 Å². The second-order valence-corrected chi connectivity index (χ2v) is 6.87. The lowest BCUT2D eigenvalue weighted by molar-refractivity contribution is 0.100. The summed E-state index contributed by atoms with van der Waals surface area (Å²) in [6, 6.07) is 6.39. The Morgan fingerprint density at radius 3 is 2.03 bits per heavy atom. The molecule has 0 saturated heterocycles. The van der Waals surface area contributed by atoms with Crippen LogP contribution in [0.5, 0.6) is 23.0 Å². The summed E-state index contributed by atoms with van der Waals surface area (Å²) in [4.78, 5) is 23.7. The third-order valence-electron chi connectivity index (χ3n) is 4.28. The fraction of sp³-hybridized carbons (Fsp3) is 0.364. The molecule has 7 nitrogen and oxygen atoms in total. The number of hydrogen-bond acceptors (Lipinski definition) is 7. The number of methoxy groups -OCH3 is 2. The summed E-state index contributed by atoms with van der Waals surface area (Å²) in [5.41, 5.74) is 1.89.